The second-order valence-electron chi connectivity index (χ2n) is 1.87. The van der Waals surface area contributed by atoms with Gasteiger partial charge in [0.25, 0.3) is 0 Å². The first-order valence-corrected chi connectivity index (χ1v) is 4.33. The normalized spacial score (nSPS) is 12.0. The maximum atomic E-state index is 12.3. The van der Waals surface area contributed by atoms with Gasteiger partial charge in [0, 0.05) is 35.4 Å². The van der Waals surface area contributed by atoms with Gasteiger partial charge in [0.1, 0.15) is 0 Å². The second-order valence-corrected chi connectivity index (χ2v) is 4.47. The van der Waals surface area contributed by atoms with Crippen LogP contribution < -0.4 is 0 Å². The van der Waals surface area contributed by atoms with Gasteiger partial charge >= 0.3 is 4.16 Å². The molecular formula is C5H5BrF2N2S. The molecule has 1 rings (SSSR count). The van der Waals surface area contributed by atoms with Crippen molar-refractivity contribution in [2.24, 2.45) is 7.05 Å². The van der Waals surface area contributed by atoms with Gasteiger partial charge in [0.15, 0.2) is 5.16 Å². The fourth-order valence-corrected chi connectivity index (χ4v) is 1.51. The summed E-state index contributed by atoms with van der Waals surface area (Å²) in [5, 5.41) is 0.284. The van der Waals surface area contributed by atoms with Gasteiger partial charge < -0.3 is 4.57 Å². The summed E-state index contributed by atoms with van der Waals surface area (Å²) in [4.78, 5) is 3.72. The van der Waals surface area contributed by atoms with Gasteiger partial charge in [-0.3, -0.25) is 0 Å². The maximum absolute atomic E-state index is 12.3. The predicted molar refractivity (Wildman–Crippen MR) is 42.9 cm³/mol. The van der Waals surface area contributed by atoms with Crippen molar-refractivity contribution >= 4 is 27.7 Å². The van der Waals surface area contributed by atoms with Gasteiger partial charge in [-0.2, -0.15) is 8.78 Å². The van der Waals surface area contributed by atoms with Crippen LogP contribution in [0.3, 0.4) is 0 Å². The minimum absolute atomic E-state index is 0.284. The van der Waals surface area contributed by atoms with E-state index in [0.29, 0.717) is 11.8 Å². The van der Waals surface area contributed by atoms with E-state index in [1.54, 1.807) is 13.2 Å². The third-order valence-electron chi connectivity index (χ3n) is 0.984. The molecule has 0 aliphatic heterocycles. The van der Waals surface area contributed by atoms with Crippen molar-refractivity contribution in [3.8, 4) is 0 Å². The van der Waals surface area contributed by atoms with E-state index >= 15 is 0 Å². The Labute approximate surface area is 75.1 Å². The summed E-state index contributed by atoms with van der Waals surface area (Å²) >= 11 is 2.58. The Hall–Kier alpha value is -0.100. The van der Waals surface area contributed by atoms with Crippen LogP contribution in [0.15, 0.2) is 17.6 Å². The minimum Gasteiger partial charge on any atom is -0.329 e. The smallest absolute Gasteiger partial charge is 0.329 e. The molecule has 0 unspecified atom stereocenters. The fourth-order valence-electron chi connectivity index (χ4n) is 0.554. The average Bonchev–Trinajstić information content (AvgIpc) is 2.12. The standard InChI is InChI=1S/C5H5BrF2N2S/c1-10-3-2-9-4(10)11-5(6,7)8/h2-3H,1H3. The molecule has 0 saturated carbocycles. The van der Waals surface area contributed by atoms with E-state index in [1.807, 2.05) is 0 Å². The molecule has 0 atom stereocenters. The molecule has 0 amide bonds. The van der Waals surface area contributed by atoms with Crippen LogP contribution in [-0.4, -0.2) is 13.7 Å². The van der Waals surface area contributed by atoms with Gasteiger partial charge in [-0.25, -0.2) is 4.98 Å². The number of alkyl halides is 3. The highest BCUT2D eigenvalue weighted by Crippen LogP contribution is 2.39. The highest BCUT2D eigenvalue weighted by atomic mass is 79.9. The molecule has 1 aromatic heterocycles. The Bertz CT molecular complexity index is 245. The van der Waals surface area contributed by atoms with Crippen LogP contribution in [0.1, 0.15) is 0 Å². The average molecular weight is 243 g/mol. The van der Waals surface area contributed by atoms with Crippen molar-refractivity contribution in [1.82, 2.24) is 9.55 Å². The molecule has 0 spiro atoms. The van der Waals surface area contributed by atoms with Crippen LogP contribution in [0.2, 0.25) is 0 Å². The lowest BCUT2D eigenvalue weighted by Gasteiger charge is -2.05. The molecule has 0 N–H and O–H groups in total. The topological polar surface area (TPSA) is 17.8 Å². The molecule has 1 aromatic rings. The zero-order chi connectivity index (χ0) is 8.48. The third-order valence-corrected chi connectivity index (χ3v) is 2.28. The number of hydrogen-bond acceptors (Lipinski definition) is 2. The highest BCUT2D eigenvalue weighted by Gasteiger charge is 2.27. The summed E-state index contributed by atoms with van der Waals surface area (Å²) < 4.78 is 23.2. The molecule has 0 aliphatic rings. The first kappa shape index (κ1) is 8.99. The Morgan fingerprint density at radius 2 is 2.36 bits per heavy atom. The molecule has 0 aromatic carbocycles. The van der Waals surface area contributed by atoms with Gasteiger partial charge in [-0.05, 0) is 11.8 Å². The van der Waals surface area contributed by atoms with E-state index < -0.39 is 4.16 Å². The molecule has 2 nitrogen and oxygen atoms in total. The lowest BCUT2D eigenvalue weighted by molar-refractivity contribution is 0.220. The van der Waals surface area contributed by atoms with E-state index in [-0.39, 0.29) is 5.16 Å². The van der Waals surface area contributed by atoms with Crippen molar-refractivity contribution in [2.45, 2.75) is 9.32 Å². The summed E-state index contributed by atoms with van der Waals surface area (Å²) in [5.74, 6) is 0. The summed E-state index contributed by atoms with van der Waals surface area (Å²) in [6, 6.07) is 0. The van der Waals surface area contributed by atoms with Crippen LogP contribution in [-0.2, 0) is 7.05 Å². The Balaban J connectivity index is 2.72. The van der Waals surface area contributed by atoms with Crippen molar-refractivity contribution < 1.29 is 8.78 Å². The van der Waals surface area contributed by atoms with Crippen molar-refractivity contribution in [2.75, 3.05) is 0 Å². The monoisotopic (exact) mass is 242 g/mol. The van der Waals surface area contributed by atoms with E-state index in [2.05, 4.69) is 20.9 Å². The number of thioether (sulfide) groups is 1. The first-order valence-electron chi connectivity index (χ1n) is 2.72. The summed E-state index contributed by atoms with van der Waals surface area (Å²) in [5.41, 5.74) is 0. The summed E-state index contributed by atoms with van der Waals surface area (Å²) in [6.07, 6.45) is 3.09. The third kappa shape index (κ3) is 2.78. The van der Waals surface area contributed by atoms with Crippen LogP contribution in [0.25, 0.3) is 0 Å². The van der Waals surface area contributed by atoms with Gasteiger partial charge in [0.05, 0.1) is 0 Å². The van der Waals surface area contributed by atoms with Crippen LogP contribution in [0.4, 0.5) is 8.78 Å². The highest BCUT2D eigenvalue weighted by molar-refractivity contribution is 9.11. The minimum atomic E-state index is -2.94. The fraction of sp³-hybridized carbons (Fsp3) is 0.400. The Morgan fingerprint density at radius 3 is 2.73 bits per heavy atom. The molecule has 0 aliphatic carbocycles. The molecule has 0 bridgehead atoms. The van der Waals surface area contributed by atoms with E-state index in [4.69, 9.17) is 0 Å². The van der Waals surface area contributed by atoms with Gasteiger partial charge in [-0.1, -0.05) is 0 Å². The van der Waals surface area contributed by atoms with Gasteiger partial charge in [0.2, 0.25) is 0 Å². The Kier molecular flexibility index (Phi) is 2.54. The molecule has 6 heteroatoms. The van der Waals surface area contributed by atoms with E-state index in [1.165, 1.54) is 10.8 Å². The van der Waals surface area contributed by atoms with E-state index in [9.17, 15) is 8.78 Å². The largest absolute Gasteiger partial charge is 0.356 e. The van der Waals surface area contributed by atoms with Crippen molar-refractivity contribution in [1.29, 1.82) is 0 Å². The number of aromatic nitrogens is 2. The lowest BCUT2D eigenvalue weighted by Crippen LogP contribution is -2.00. The first-order chi connectivity index (χ1) is 4.99. The molecule has 0 radical (unpaired) electrons. The SMILES string of the molecule is Cn1ccnc1SC(F)(F)Br. The number of halogens is 3. The quantitative estimate of drug-likeness (QED) is 0.586. The van der Waals surface area contributed by atoms with Crippen molar-refractivity contribution in [3.05, 3.63) is 12.4 Å². The van der Waals surface area contributed by atoms with E-state index in [0.717, 1.165) is 0 Å². The zero-order valence-corrected chi connectivity index (χ0v) is 7.99. The molecule has 0 fully saturated rings. The zero-order valence-electron chi connectivity index (χ0n) is 5.59. The summed E-state index contributed by atoms with van der Waals surface area (Å²) in [7, 11) is 1.66. The maximum Gasteiger partial charge on any atom is 0.356 e. The number of imidazole rings is 1. The van der Waals surface area contributed by atoms with Crippen molar-refractivity contribution in [3.63, 3.8) is 0 Å². The van der Waals surface area contributed by atoms with Crippen LogP contribution >= 0.6 is 27.7 Å². The summed E-state index contributed by atoms with van der Waals surface area (Å²) in [6.45, 7) is 0. The Morgan fingerprint density at radius 1 is 1.73 bits per heavy atom. The van der Waals surface area contributed by atoms with Gasteiger partial charge in [-0.15, -0.1) is 0 Å². The molecule has 0 saturated heterocycles. The molecule has 11 heavy (non-hydrogen) atoms. The van der Waals surface area contributed by atoms with Crippen LogP contribution in [0, 0.1) is 0 Å². The number of hydrogen-bond donors (Lipinski definition) is 0. The van der Waals surface area contributed by atoms with Crippen LogP contribution in [0.5, 0.6) is 0 Å². The molecule has 1 heterocycles. The number of aryl methyl sites for hydroxylation is 1. The molecule has 62 valence electrons. The predicted octanol–water partition coefficient (Wildman–Crippen LogP) is 2.46. The second kappa shape index (κ2) is 3.10. The number of nitrogens with zero attached hydrogens (tertiary/aromatic N) is 2. The number of rotatable bonds is 2. The molecular weight excluding hydrogens is 238 g/mol. The lowest BCUT2D eigenvalue weighted by atomic mass is 10.9.